The van der Waals surface area contributed by atoms with E-state index in [9.17, 15) is 14.4 Å². The van der Waals surface area contributed by atoms with Crippen molar-refractivity contribution in [3.8, 4) is 11.3 Å². The van der Waals surface area contributed by atoms with E-state index in [1.54, 1.807) is 60.7 Å². The summed E-state index contributed by atoms with van der Waals surface area (Å²) >= 11 is 15.3. The van der Waals surface area contributed by atoms with Crippen LogP contribution in [0.5, 0.6) is 0 Å². The van der Waals surface area contributed by atoms with E-state index in [-0.39, 0.29) is 16.6 Å². The molecule has 0 aliphatic rings. The number of halogens is 2. The Kier molecular flexibility index (Phi) is 10.9. The van der Waals surface area contributed by atoms with Crippen LogP contribution in [0.3, 0.4) is 0 Å². The lowest BCUT2D eigenvalue weighted by Crippen LogP contribution is -2.30. The Morgan fingerprint density at radius 1 is 0.870 bits per heavy atom. The van der Waals surface area contributed by atoms with Gasteiger partial charge in [-0.05, 0) is 68.0 Å². The maximum atomic E-state index is 13.4. The Bertz CT molecular complexity index is 1890. The average Bonchev–Trinajstić information content (AvgIpc) is 3.52. The number of amides is 3. The molecule has 0 saturated heterocycles. The van der Waals surface area contributed by atoms with E-state index < -0.39 is 17.1 Å². The van der Waals surface area contributed by atoms with Crippen LogP contribution in [0.15, 0.2) is 113 Å². The molecule has 0 radical (unpaired) electrons. The SMILES string of the molecule is Cc1ccc(-c2csc(NC(=O)C(C)Sc3ccc(NC(=O)/C(=C/c4cccc(Cl)c4Cl)NC(=O)c4ccccc4)cc3)n2)cc1. The number of anilines is 2. The Morgan fingerprint density at radius 2 is 1.59 bits per heavy atom. The zero-order valence-corrected chi connectivity index (χ0v) is 27.9. The van der Waals surface area contributed by atoms with Crippen LogP contribution in [0.4, 0.5) is 10.8 Å². The average molecular weight is 688 g/mol. The molecular formula is C35H28Cl2N4O3S2. The van der Waals surface area contributed by atoms with E-state index in [1.807, 2.05) is 55.6 Å². The van der Waals surface area contributed by atoms with Gasteiger partial charge in [-0.2, -0.15) is 0 Å². The molecule has 1 unspecified atom stereocenters. The molecule has 5 aromatic rings. The highest BCUT2D eigenvalue weighted by Crippen LogP contribution is 2.29. The van der Waals surface area contributed by atoms with Crippen LogP contribution >= 0.6 is 46.3 Å². The lowest BCUT2D eigenvalue weighted by Gasteiger charge is -2.13. The lowest BCUT2D eigenvalue weighted by atomic mass is 10.1. The summed E-state index contributed by atoms with van der Waals surface area (Å²) in [5.74, 6) is -1.18. The zero-order chi connectivity index (χ0) is 32.6. The van der Waals surface area contributed by atoms with E-state index in [2.05, 4.69) is 20.9 Å². The van der Waals surface area contributed by atoms with Crippen molar-refractivity contribution in [2.45, 2.75) is 24.0 Å². The highest BCUT2D eigenvalue weighted by Gasteiger charge is 2.18. The van der Waals surface area contributed by atoms with Crippen molar-refractivity contribution >= 4 is 80.9 Å². The molecule has 0 spiro atoms. The quantitative estimate of drug-likeness (QED) is 0.101. The smallest absolute Gasteiger partial charge is 0.272 e. The van der Waals surface area contributed by atoms with Crippen LogP contribution < -0.4 is 16.0 Å². The molecule has 3 N–H and O–H groups in total. The summed E-state index contributed by atoms with van der Waals surface area (Å²) in [6.45, 7) is 3.85. The number of carbonyl (C=O) groups is 3. The number of rotatable bonds is 10. The molecule has 0 aliphatic carbocycles. The third-order valence-electron chi connectivity index (χ3n) is 6.69. The first-order chi connectivity index (χ1) is 22.2. The minimum atomic E-state index is -0.554. The number of hydrogen-bond acceptors (Lipinski definition) is 6. The van der Waals surface area contributed by atoms with Crippen LogP contribution in [0.2, 0.25) is 10.0 Å². The van der Waals surface area contributed by atoms with E-state index in [1.165, 1.54) is 34.7 Å². The Labute approximate surface area is 285 Å². The van der Waals surface area contributed by atoms with Gasteiger partial charge in [0.05, 0.1) is 21.0 Å². The van der Waals surface area contributed by atoms with Gasteiger partial charge in [0, 0.05) is 27.1 Å². The molecule has 5 rings (SSSR count). The van der Waals surface area contributed by atoms with Gasteiger partial charge in [-0.1, -0.05) is 83.4 Å². The van der Waals surface area contributed by atoms with Gasteiger partial charge in [0.2, 0.25) is 5.91 Å². The van der Waals surface area contributed by atoms with Gasteiger partial charge >= 0.3 is 0 Å². The molecule has 1 heterocycles. The minimum absolute atomic E-state index is 0.0190. The molecule has 0 saturated carbocycles. The third kappa shape index (κ3) is 8.64. The van der Waals surface area contributed by atoms with Crippen molar-refractivity contribution in [1.29, 1.82) is 0 Å². The molecule has 7 nitrogen and oxygen atoms in total. The Hall–Kier alpha value is -4.41. The summed E-state index contributed by atoms with van der Waals surface area (Å²) in [6.07, 6.45) is 1.47. The standard InChI is InChI=1S/C35H28Cl2N4O3S2/c1-21-11-13-23(14-12-21)30-20-45-35(40-30)41-32(42)22(2)46-27-17-15-26(16-18-27)38-34(44)29(19-25-9-6-10-28(36)31(25)37)39-33(43)24-7-4-3-5-8-24/h3-20,22H,1-2H3,(H,38,44)(H,39,43)(H,40,41,42)/b29-19-. The Morgan fingerprint density at radius 3 is 2.30 bits per heavy atom. The van der Waals surface area contributed by atoms with Crippen molar-refractivity contribution in [3.63, 3.8) is 0 Å². The molecule has 3 amide bonds. The first kappa shape index (κ1) is 33.0. The highest BCUT2D eigenvalue weighted by atomic mass is 35.5. The highest BCUT2D eigenvalue weighted by molar-refractivity contribution is 8.00. The molecule has 0 aliphatic heterocycles. The molecule has 0 fully saturated rings. The predicted molar refractivity (Wildman–Crippen MR) is 190 cm³/mol. The molecule has 232 valence electrons. The fourth-order valence-corrected chi connectivity index (χ4v) is 6.15. The second-order valence-corrected chi connectivity index (χ2v) is 13.2. The largest absolute Gasteiger partial charge is 0.321 e. The monoisotopic (exact) mass is 686 g/mol. The van der Waals surface area contributed by atoms with Crippen LogP contribution in [-0.4, -0.2) is 28.0 Å². The van der Waals surface area contributed by atoms with Gasteiger partial charge in [-0.15, -0.1) is 23.1 Å². The maximum absolute atomic E-state index is 13.4. The fourth-order valence-electron chi connectivity index (χ4n) is 4.20. The number of aryl methyl sites for hydroxylation is 1. The number of thioether (sulfide) groups is 1. The van der Waals surface area contributed by atoms with Crippen molar-refractivity contribution in [2.75, 3.05) is 10.6 Å². The molecule has 4 aromatic carbocycles. The topological polar surface area (TPSA) is 100 Å². The number of aromatic nitrogens is 1. The number of nitrogens with zero attached hydrogens (tertiary/aromatic N) is 1. The van der Waals surface area contributed by atoms with E-state index in [0.29, 0.717) is 27.0 Å². The summed E-state index contributed by atoms with van der Waals surface area (Å²) in [5.41, 5.74) is 4.31. The van der Waals surface area contributed by atoms with Crippen LogP contribution in [0.1, 0.15) is 28.4 Å². The predicted octanol–water partition coefficient (Wildman–Crippen LogP) is 8.95. The second kappa shape index (κ2) is 15.2. The normalized spacial score (nSPS) is 11.9. The molecule has 1 atom stereocenters. The lowest BCUT2D eigenvalue weighted by molar-refractivity contribution is -0.115. The Balaban J connectivity index is 1.23. The summed E-state index contributed by atoms with van der Waals surface area (Å²) in [7, 11) is 0. The maximum Gasteiger partial charge on any atom is 0.272 e. The van der Waals surface area contributed by atoms with E-state index >= 15 is 0 Å². The fraction of sp³-hybridized carbons (Fsp3) is 0.0857. The molecule has 11 heteroatoms. The van der Waals surface area contributed by atoms with Crippen molar-refractivity contribution < 1.29 is 14.4 Å². The van der Waals surface area contributed by atoms with E-state index in [0.717, 1.165) is 16.2 Å². The second-order valence-electron chi connectivity index (χ2n) is 10.2. The van der Waals surface area contributed by atoms with Gasteiger partial charge in [0.1, 0.15) is 5.70 Å². The number of nitrogens with one attached hydrogen (secondary N) is 3. The molecular weight excluding hydrogens is 659 g/mol. The first-order valence-electron chi connectivity index (χ1n) is 14.1. The summed E-state index contributed by atoms with van der Waals surface area (Å²) < 4.78 is 0. The minimum Gasteiger partial charge on any atom is -0.321 e. The number of carbonyl (C=O) groups excluding carboxylic acids is 3. The number of hydrogen-bond donors (Lipinski definition) is 3. The third-order valence-corrected chi connectivity index (χ3v) is 9.39. The van der Waals surface area contributed by atoms with Gasteiger partial charge in [0.25, 0.3) is 11.8 Å². The van der Waals surface area contributed by atoms with Crippen LogP contribution in [-0.2, 0) is 9.59 Å². The van der Waals surface area contributed by atoms with Crippen molar-refractivity contribution in [1.82, 2.24) is 10.3 Å². The van der Waals surface area contributed by atoms with Crippen LogP contribution in [0.25, 0.3) is 17.3 Å². The molecule has 1 aromatic heterocycles. The van der Waals surface area contributed by atoms with Gasteiger partial charge in [-0.25, -0.2) is 4.98 Å². The van der Waals surface area contributed by atoms with Gasteiger partial charge in [-0.3, -0.25) is 14.4 Å². The summed E-state index contributed by atoms with van der Waals surface area (Å²) in [4.78, 5) is 44.6. The van der Waals surface area contributed by atoms with Gasteiger partial charge in [0.15, 0.2) is 5.13 Å². The van der Waals surface area contributed by atoms with Crippen molar-refractivity contribution in [2.24, 2.45) is 0 Å². The summed E-state index contributed by atoms with van der Waals surface area (Å²) in [5, 5.41) is 11.0. The van der Waals surface area contributed by atoms with Gasteiger partial charge < -0.3 is 16.0 Å². The molecule has 46 heavy (non-hydrogen) atoms. The zero-order valence-electron chi connectivity index (χ0n) is 24.7. The van der Waals surface area contributed by atoms with Crippen molar-refractivity contribution in [3.05, 3.63) is 135 Å². The number of benzene rings is 4. The number of thiazole rings is 1. The first-order valence-corrected chi connectivity index (χ1v) is 16.6. The van der Waals surface area contributed by atoms with E-state index in [4.69, 9.17) is 23.2 Å². The molecule has 0 bridgehead atoms. The van der Waals surface area contributed by atoms with Crippen LogP contribution in [0, 0.1) is 6.92 Å². The summed E-state index contributed by atoms with van der Waals surface area (Å²) in [6, 6.07) is 28.7.